The molecule has 0 saturated heterocycles. The van der Waals surface area contributed by atoms with Gasteiger partial charge in [0.2, 0.25) is 0 Å². The molecule has 4 rings (SSSR count). The first-order valence-corrected chi connectivity index (χ1v) is 16.6. The normalized spacial score (nSPS) is 11.2. The summed E-state index contributed by atoms with van der Waals surface area (Å²) in [5, 5.41) is 0. The van der Waals surface area contributed by atoms with Crippen molar-refractivity contribution in [1.82, 2.24) is 0 Å². The topological polar surface area (TPSA) is 69.0 Å². The fourth-order valence-corrected chi connectivity index (χ4v) is 5.14. The van der Waals surface area contributed by atoms with Gasteiger partial charge in [0.05, 0.1) is 17.7 Å². The van der Waals surface area contributed by atoms with Gasteiger partial charge in [0.15, 0.2) is 18.9 Å². The SMILES string of the molecule is CCCCCCCCOc1ccc(C(=O)Oc2ccc(OC(=O)c3ccc(C[n+]4ccc(N(C)C)cc4)cc3)c(C(C)(C)C)c2)cc1. The lowest BCUT2D eigenvalue weighted by atomic mass is 9.86. The summed E-state index contributed by atoms with van der Waals surface area (Å²) in [5.74, 6) is 0.621. The number of aromatic nitrogens is 1. The van der Waals surface area contributed by atoms with Crippen LogP contribution < -0.4 is 23.7 Å². The molecule has 0 fully saturated rings. The molecule has 7 nitrogen and oxygen atoms in total. The number of nitrogens with zero attached hydrogens (tertiary/aromatic N) is 2. The maximum atomic E-state index is 13.1. The summed E-state index contributed by atoms with van der Waals surface area (Å²) in [6.45, 7) is 9.63. The zero-order valence-corrected chi connectivity index (χ0v) is 28.8. The second kappa shape index (κ2) is 16.8. The van der Waals surface area contributed by atoms with Crippen LogP contribution in [-0.4, -0.2) is 32.6 Å². The van der Waals surface area contributed by atoms with Gasteiger partial charge < -0.3 is 19.1 Å². The van der Waals surface area contributed by atoms with Gasteiger partial charge in [0.25, 0.3) is 0 Å². The number of unbranched alkanes of at least 4 members (excludes halogenated alkanes) is 5. The molecule has 3 aromatic carbocycles. The Balaban J connectivity index is 1.34. The minimum atomic E-state index is -0.469. The zero-order chi connectivity index (χ0) is 33.8. The molecule has 0 radical (unpaired) electrons. The lowest BCUT2D eigenvalue weighted by Crippen LogP contribution is -2.33. The molecule has 0 unspecified atom stereocenters. The Morgan fingerprint density at radius 1 is 0.702 bits per heavy atom. The molecule has 0 aliphatic rings. The van der Waals surface area contributed by atoms with Crippen molar-refractivity contribution in [2.45, 2.75) is 78.2 Å². The van der Waals surface area contributed by atoms with Gasteiger partial charge in [-0.05, 0) is 66.4 Å². The van der Waals surface area contributed by atoms with Crippen LogP contribution in [0.15, 0.2) is 91.3 Å². The largest absolute Gasteiger partial charge is 0.494 e. The van der Waals surface area contributed by atoms with E-state index < -0.39 is 11.9 Å². The summed E-state index contributed by atoms with van der Waals surface area (Å²) >= 11 is 0. The highest BCUT2D eigenvalue weighted by molar-refractivity contribution is 5.92. The van der Waals surface area contributed by atoms with Gasteiger partial charge in [-0.2, -0.15) is 0 Å². The number of carbonyl (C=O) groups is 2. The molecule has 4 aromatic rings. The molecular weight excluding hydrogens is 588 g/mol. The molecule has 47 heavy (non-hydrogen) atoms. The minimum absolute atomic E-state index is 0.378. The van der Waals surface area contributed by atoms with Crippen LogP contribution in [0.4, 0.5) is 5.69 Å². The van der Waals surface area contributed by atoms with Gasteiger partial charge >= 0.3 is 11.9 Å². The lowest BCUT2D eigenvalue weighted by Gasteiger charge is -2.23. The molecular formula is C40H49N2O5+. The van der Waals surface area contributed by atoms with Crippen LogP contribution in [-0.2, 0) is 12.0 Å². The van der Waals surface area contributed by atoms with Crippen molar-refractivity contribution in [3.8, 4) is 17.2 Å². The monoisotopic (exact) mass is 637 g/mol. The van der Waals surface area contributed by atoms with E-state index in [1.807, 2.05) is 59.4 Å². The minimum Gasteiger partial charge on any atom is -0.494 e. The standard InChI is InChI=1S/C40H49N2O5/c1-7-8-9-10-11-12-27-45-34-19-17-32(18-20-34)38(43)46-35-21-22-37(36(28-35)40(2,3)4)47-39(44)31-15-13-30(14-16-31)29-42-25-23-33(24-26-42)41(5)6/h13-26,28H,7-12,27,29H2,1-6H3/q+1. The summed E-state index contributed by atoms with van der Waals surface area (Å²) in [5.41, 5.74) is 3.46. The highest BCUT2D eigenvalue weighted by atomic mass is 16.5. The van der Waals surface area contributed by atoms with Crippen LogP contribution in [0.1, 0.15) is 98.1 Å². The molecule has 1 aromatic heterocycles. The molecule has 0 atom stereocenters. The van der Waals surface area contributed by atoms with E-state index in [-0.39, 0.29) is 5.41 Å². The second-order valence-corrected chi connectivity index (χ2v) is 13.1. The van der Waals surface area contributed by atoms with Crippen molar-refractivity contribution < 1.29 is 28.4 Å². The maximum Gasteiger partial charge on any atom is 0.343 e. The molecule has 1 heterocycles. The van der Waals surface area contributed by atoms with Crippen molar-refractivity contribution in [2.75, 3.05) is 25.6 Å². The predicted molar refractivity (Wildman–Crippen MR) is 187 cm³/mol. The summed E-state index contributed by atoms with van der Waals surface area (Å²) in [6, 6.07) is 23.7. The van der Waals surface area contributed by atoms with E-state index in [0.29, 0.717) is 35.8 Å². The Morgan fingerprint density at radius 3 is 1.89 bits per heavy atom. The van der Waals surface area contributed by atoms with Crippen molar-refractivity contribution >= 4 is 17.6 Å². The van der Waals surface area contributed by atoms with Crippen LogP contribution in [0.25, 0.3) is 0 Å². The molecule has 0 saturated carbocycles. The van der Waals surface area contributed by atoms with Gasteiger partial charge in [-0.15, -0.1) is 0 Å². The smallest absolute Gasteiger partial charge is 0.343 e. The Morgan fingerprint density at radius 2 is 1.28 bits per heavy atom. The number of hydrogen-bond acceptors (Lipinski definition) is 6. The van der Waals surface area contributed by atoms with E-state index in [1.54, 1.807) is 54.6 Å². The summed E-state index contributed by atoms with van der Waals surface area (Å²) in [6.07, 6.45) is 11.3. The zero-order valence-electron chi connectivity index (χ0n) is 28.8. The summed E-state index contributed by atoms with van der Waals surface area (Å²) in [4.78, 5) is 28.2. The van der Waals surface area contributed by atoms with E-state index >= 15 is 0 Å². The number of pyridine rings is 1. The Hall–Kier alpha value is -4.65. The van der Waals surface area contributed by atoms with E-state index in [0.717, 1.165) is 29.0 Å². The number of hydrogen-bond donors (Lipinski definition) is 0. The van der Waals surface area contributed by atoms with Gasteiger partial charge in [0.1, 0.15) is 17.2 Å². The first-order chi connectivity index (χ1) is 22.5. The Labute approximate surface area is 280 Å². The number of ether oxygens (including phenoxy) is 3. The first kappa shape index (κ1) is 35.2. The third kappa shape index (κ3) is 10.7. The molecule has 0 aliphatic heterocycles. The number of rotatable bonds is 15. The fraction of sp³-hybridized carbons (Fsp3) is 0.375. The third-order valence-corrected chi connectivity index (χ3v) is 7.97. The van der Waals surface area contributed by atoms with E-state index in [1.165, 1.54) is 32.1 Å². The van der Waals surface area contributed by atoms with Gasteiger partial charge in [-0.25, -0.2) is 14.2 Å². The fourth-order valence-electron chi connectivity index (χ4n) is 5.14. The molecule has 0 spiro atoms. The van der Waals surface area contributed by atoms with Crippen molar-refractivity contribution in [2.24, 2.45) is 0 Å². The quantitative estimate of drug-likeness (QED) is 0.0563. The van der Waals surface area contributed by atoms with Crippen LogP contribution in [0.2, 0.25) is 0 Å². The molecule has 0 N–H and O–H groups in total. The summed E-state index contributed by atoms with van der Waals surface area (Å²) < 4.78 is 19.5. The molecule has 7 heteroatoms. The highest BCUT2D eigenvalue weighted by Crippen LogP contribution is 2.35. The predicted octanol–water partition coefficient (Wildman–Crippen LogP) is 8.56. The van der Waals surface area contributed by atoms with Crippen LogP contribution in [0.5, 0.6) is 17.2 Å². The number of benzene rings is 3. The van der Waals surface area contributed by atoms with E-state index in [4.69, 9.17) is 14.2 Å². The van der Waals surface area contributed by atoms with E-state index in [9.17, 15) is 9.59 Å². The van der Waals surface area contributed by atoms with Crippen molar-refractivity contribution in [3.63, 3.8) is 0 Å². The third-order valence-electron chi connectivity index (χ3n) is 7.97. The molecule has 0 amide bonds. The highest BCUT2D eigenvalue weighted by Gasteiger charge is 2.23. The Bertz CT molecular complexity index is 1590. The van der Waals surface area contributed by atoms with Crippen LogP contribution >= 0.6 is 0 Å². The van der Waals surface area contributed by atoms with Crippen LogP contribution in [0, 0.1) is 0 Å². The average Bonchev–Trinajstić information content (AvgIpc) is 3.05. The maximum absolute atomic E-state index is 13.1. The molecule has 248 valence electrons. The van der Waals surface area contributed by atoms with E-state index in [2.05, 4.69) is 28.5 Å². The number of carbonyl (C=O) groups excluding carboxylic acids is 2. The van der Waals surface area contributed by atoms with Crippen molar-refractivity contribution in [3.05, 3.63) is 114 Å². The number of anilines is 1. The van der Waals surface area contributed by atoms with Crippen molar-refractivity contribution in [1.29, 1.82) is 0 Å². The number of esters is 2. The first-order valence-electron chi connectivity index (χ1n) is 16.6. The average molecular weight is 638 g/mol. The molecule has 0 bridgehead atoms. The summed E-state index contributed by atoms with van der Waals surface area (Å²) in [7, 11) is 4.03. The lowest BCUT2D eigenvalue weighted by molar-refractivity contribution is -0.688. The molecule has 0 aliphatic carbocycles. The van der Waals surface area contributed by atoms with Crippen LogP contribution in [0.3, 0.4) is 0 Å². The van der Waals surface area contributed by atoms with Gasteiger partial charge in [-0.3, -0.25) is 0 Å². The van der Waals surface area contributed by atoms with Gasteiger partial charge in [0, 0.05) is 43.0 Å². The second-order valence-electron chi connectivity index (χ2n) is 13.1. The van der Waals surface area contributed by atoms with Gasteiger partial charge in [-0.1, -0.05) is 71.9 Å². The Kier molecular flexibility index (Phi) is 12.6.